The van der Waals surface area contributed by atoms with Gasteiger partial charge in [0.25, 0.3) is 0 Å². The molecule has 6 nitrogen and oxygen atoms in total. The number of carbonyl (C=O) groups excluding carboxylic acids is 1. The van der Waals surface area contributed by atoms with Crippen LogP contribution in [0.5, 0.6) is 0 Å². The van der Waals surface area contributed by atoms with Gasteiger partial charge in [-0.1, -0.05) is 28.5 Å². The number of aromatic nitrogens is 2. The second kappa shape index (κ2) is 8.16. The predicted octanol–water partition coefficient (Wildman–Crippen LogP) is 3.30. The fourth-order valence-electron chi connectivity index (χ4n) is 3.81. The summed E-state index contributed by atoms with van der Waals surface area (Å²) in [5.41, 5.74) is 4.14. The molecule has 1 saturated heterocycles. The van der Waals surface area contributed by atoms with E-state index in [0.717, 1.165) is 32.9 Å². The molecule has 1 aliphatic rings. The topological polar surface area (TPSA) is 79.5 Å². The molecule has 0 spiro atoms. The molecule has 152 valence electrons. The first-order valence-corrected chi connectivity index (χ1v) is 10.8. The Bertz CT molecular complexity index is 1050. The van der Waals surface area contributed by atoms with E-state index in [-0.39, 0.29) is 11.8 Å². The highest BCUT2D eigenvalue weighted by Gasteiger charge is 2.34. The largest absolute Gasteiger partial charge is 0.391 e. The van der Waals surface area contributed by atoms with Crippen LogP contribution >= 0.6 is 11.8 Å². The molecule has 1 aliphatic heterocycles. The minimum absolute atomic E-state index is 0.0220. The van der Waals surface area contributed by atoms with E-state index in [0.29, 0.717) is 25.3 Å². The van der Waals surface area contributed by atoms with Crippen LogP contribution in [0.3, 0.4) is 0 Å². The van der Waals surface area contributed by atoms with Crippen LogP contribution in [0.2, 0.25) is 0 Å². The van der Waals surface area contributed by atoms with Crippen molar-refractivity contribution in [2.75, 3.05) is 18.8 Å². The van der Waals surface area contributed by atoms with Crippen molar-refractivity contribution in [3.05, 3.63) is 52.9 Å². The van der Waals surface area contributed by atoms with Crippen molar-refractivity contribution < 1.29 is 14.4 Å². The number of likely N-dealkylation sites (tertiary alicyclic amines) is 1. The van der Waals surface area contributed by atoms with E-state index in [4.69, 9.17) is 4.52 Å². The Morgan fingerprint density at radius 3 is 2.83 bits per heavy atom. The van der Waals surface area contributed by atoms with Gasteiger partial charge in [0, 0.05) is 36.9 Å². The third-order valence-electron chi connectivity index (χ3n) is 5.39. The van der Waals surface area contributed by atoms with Gasteiger partial charge in [-0.2, -0.15) is 0 Å². The zero-order valence-corrected chi connectivity index (χ0v) is 17.7. The summed E-state index contributed by atoms with van der Waals surface area (Å²) in [6.07, 6.45) is 0.0441. The number of benzene rings is 1. The Kier molecular flexibility index (Phi) is 5.61. The molecule has 0 bridgehead atoms. The number of carbonyl (C=O) groups is 1. The minimum Gasteiger partial charge on any atom is -0.391 e. The van der Waals surface area contributed by atoms with Gasteiger partial charge in [-0.15, -0.1) is 0 Å². The number of thioether (sulfide) groups is 1. The predicted molar refractivity (Wildman–Crippen MR) is 113 cm³/mol. The number of pyridine rings is 1. The van der Waals surface area contributed by atoms with Gasteiger partial charge in [-0.3, -0.25) is 4.79 Å². The number of aliphatic hydroxyl groups excluding tert-OH is 1. The fraction of sp³-hybridized carbons (Fsp3) is 0.409. The van der Waals surface area contributed by atoms with Crippen molar-refractivity contribution in [2.24, 2.45) is 5.92 Å². The normalized spacial score (nSPS) is 19.2. The molecule has 2 aromatic heterocycles. The monoisotopic (exact) mass is 411 g/mol. The zero-order chi connectivity index (χ0) is 20.5. The van der Waals surface area contributed by atoms with Crippen LogP contribution < -0.4 is 0 Å². The number of nitrogens with zero attached hydrogens (tertiary/aromatic N) is 3. The van der Waals surface area contributed by atoms with Crippen LogP contribution in [-0.2, 0) is 11.2 Å². The highest BCUT2D eigenvalue weighted by Crippen LogP contribution is 2.26. The smallest absolute Gasteiger partial charge is 0.233 e. The van der Waals surface area contributed by atoms with Gasteiger partial charge in [0.2, 0.25) is 5.91 Å². The first kappa shape index (κ1) is 19.9. The van der Waals surface area contributed by atoms with E-state index in [1.165, 1.54) is 17.3 Å². The van der Waals surface area contributed by atoms with E-state index >= 15 is 0 Å². The Morgan fingerprint density at radius 2 is 2.07 bits per heavy atom. The molecule has 1 amide bonds. The van der Waals surface area contributed by atoms with Crippen molar-refractivity contribution in [1.82, 2.24) is 15.0 Å². The standard InChI is InChI=1S/C22H25N3O3S/c1-13-4-5-19-18(6-13)14(2)7-21(23-19)29-12-22(27)25-10-16(20(26)11-25)9-17-8-15(3)24-28-17/h4-8,16,20,26H,9-12H2,1-3H3/t16-,20+/m1/s1. The quantitative estimate of drug-likeness (QED) is 0.649. The number of hydrogen-bond acceptors (Lipinski definition) is 6. The molecule has 2 atom stereocenters. The maximum absolute atomic E-state index is 12.7. The van der Waals surface area contributed by atoms with E-state index in [9.17, 15) is 9.90 Å². The van der Waals surface area contributed by atoms with Gasteiger partial charge < -0.3 is 14.5 Å². The van der Waals surface area contributed by atoms with E-state index in [1.54, 1.807) is 4.90 Å². The third-order valence-corrected chi connectivity index (χ3v) is 6.29. The van der Waals surface area contributed by atoms with Crippen molar-refractivity contribution in [2.45, 2.75) is 38.3 Å². The van der Waals surface area contributed by atoms with Crippen LogP contribution in [0.25, 0.3) is 10.9 Å². The summed E-state index contributed by atoms with van der Waals surface area (Å²) >= 11 is 1.45. The first-order valence-electron chi connectivity index (χ1n) is 9.78. The van der Waals surface area contributed by atoms with Crippen LogP contribution in [0.15, 0.2) is 39.9 Å². The lowest BCUT2D eigenvalue weighted by Crippen LogP contribution is -2.31. The Hall–Kier alpha value is -2.38. The van der Waals surface area contributed by atoms with Gasteiger partial charge in [-0.25, -0.2) is 4.98 Å². The highest BCUT2D eigenvalue weighted by molar-refractivity contribution is 7.99. The molecule has 0 saturated carbocycles. The maximum Gasteiger partial charge on any atom is 0.233 e. The van der Waals surface area contributed by atoms with Crippen molar-refractivity contribution in [1.29, 1.82) is 0 Å². The molecule has 7 heteroatoms. The van der Waals surface area contributed by atoms with Gasteiger partial charge in [0.15, 0.2) is 0 Å². The summed E-state index contributed by atoms with van der Waals surface area (Å²) in [6, 6.07) is 10.1. The molecule has 4 rings (SSSR count). The molecular formula is C22H25N3O3S. The molecule has 29 heavy (non-hydrogen) atoms. The molecular weight excluding hydrogens is 386 g/mol. The summed E-state index contributed by atoms with van der Waals surface area (Å²) < 4.78 is 5.25. The van der Waals surface area contributed by atoms with Crippen LogP contribution in [0.4, 0.5) is 0 Å². The SMILES string of the molecule is Cc1ccc2nc(SCC(=O)N3C[C@@H](Cc4cc(C)no4)[C@@H](O)C3)cc(C)c2c1. The third kappa shape index (κ3) is 4.46. The molecule has 3 aromatic rings. The summed E-state index contributed by atoms with van der Waals surface area (Å²) in [5.74, 6) is 1.06. The second-order valence-electron chi connectivity index (χ2n) is 7.85. The van der Waals surface area contributed by atoms with Gasteiger partial charge >= 0.3 is 0 Å². The van der Waals surface area contributed by atoms with Crippen LogP contribution in [0, 0.1) is 26.7 Å². The number of fused-ring (bicyclic) bond motifs is 1. The molecule has 1 fully saturated rings. The van der Waals surface area contributed by atoms with E-state index in [1.807, 2.05) is 25.1 Å². The van der Waals surface area contributed by atoms with E-state index in [2.05, 4.69) is 36.1 Å². The number of amides is 1. The van der Waals surface area contributed by atoms with Crippen molar-refractivity contribution >= 4 is 28.6 Å². The second-order valence-corrected chi connectivity index (χ2v) is 8.85. The van der Waals surface area contributed by atoms with E-state index < -0.39 is 6.10 Å². The number of aryl methyl sites for hydroxylation is 3. The number of β-amino-alcohol motifs (C(OH)–C–C–N with tert-alkyl or cyclic N) is 1. The lowest BCUT2D eigenvalue weighted by molar-refractivity contribution is -0.127. The lowest BCUT2D eigenvalue weighted by atomic mass is 10.0. The first-order chi connectivity index (χ1) is 13.9. The molecule has 3 heterocycles. The van der Waals surface area contributed by atoms with Crippen molar-refractivity contribution in [3.63, 3.8) is 0 Å². The average molecular weight is 412 g/mol. The molecule has 1 N–H and O–H groups in total. The Labute approximate surface area is 174 Å². The Balaban J connectivity index is 1.37. The average Bonchev–Trinajstić information content (AvgIpc) is 3.26. The Morgan fingerprint density at radius 1 is 1.24 bits per heavy atom. The minimum atomic E-state index is -0.543. The number of hydrogen-bond donors (Lipinski definition) is 1. The molecule has 0 aliphatic carbocycles. The van der Waals surface area contributed by atoms with Crippen LogP contribution in [-0.4, -0.2) is 51.0 Å². The summed E-state index contributed by atoms with van der Waals surface area (Å²) in [4.78, 5) is 19.1. The molecule has 0 radical (unpaired) electrons. The maximum atomic E-state index is 12.7. The van der Waals surface area contributed by atoms with Gasteiger partial charge in [0.05, 0.1) is 28.1 Å². The number of rotatable bonds is 5. The zero-order valence-electron chi connectivity index (χ0n) is 16.9. The fourth-order valence-corrected chi connectivity index (χ4v) is 4.68. The molecule has 0 unspecified atom stereocenters. The van der Waals surface area contributed by atoms with Crippen molar-refractivity contribution in [3.8, 4) is 0 Å². The lowest BCUT2D eigenvalue weighted by Gasteiger charge is -2.15. The number of aliphatic hydroxyl groups is 1. The summed E-state index contributed by atoms with van der Waals surface area (Å²) in [5, 5.41) is 16.2. The summed E-state index contributed by atoms with van der Waals surface area (Å²) in [6.45, 7) is 6.91. The van der Waals surface area contributed by atoms with Crippen LogP contribution in [0.1, 0.15) is 22.6 Å². The van der Waals surface area contributed by atoms with Gasteiger partial charge in [0.1, 0.15) is 5.76 Å². The highest BCUT2D eigenvalue weighted by atomic mass is 32.2. The van der Waals surface area contributed by atoms with Gasteiger partial charge in [-0.05, 0) is 44.5 Å². The summed E-state index contributed by atoms with van der Waals surface area (Å²) in [7, 11) is 0. The molecule has 1 aromatic carbocycles.